The van der Waals surface area contributed by atoms with Gasteiger partial charge < -0.3 is 25.8 Å². The molecule has 44 heavy (non-hydrogen) atoms. The normalized spacial score (nSPS) is 12.9. The Morgan fingerprint density at radius 2 is 1.68 bits per heavy atom. The van der Waals surface area contributed by atoms with Gasteiger partial charge in [-0.1, -0.05) is 75.4 Å². The molecule has 0 radical (unpaired) electrons. The van der Waals surface area contributed by atoms with E-state index in [0.29, 0.717) is 31.0 Å². The second kappa shape index (κ2) is 16.7. The highest BCUT2D eigenvalue weighted by molar-refractivity contribution is 5.97. The highest BCUT2D eigenvalue weighted by atomic mass is 16.2. The molecule has 1 heterocycles. The number of carbonyl (C=O) groups excluding carboxylic acids is 2. The zero-order chi connectivity index (χ0) is 31.3. The molecule has 2 amide bonds. The summed E-state index contributed by atoms with van der Waals surface area (Å²) in [5, 5.41) is 11.9. The van der Waals surface area contributed by atoms with Crippen molar-refractivity contribution in [3.05, 3.63) is 102 Å². The molecule has 8 nitrogen and oxygen atoms in total. The number of benzene rings is 3. The molecule has 2 atom stereocenters. The summed E-state index contributed by atoms with van der Waals surface area (Å²) in [5.41, 5.74) is 2.66. The number of nitrogens with one attached hydrogen (secondary N) is 4. The smallest absolute Gasteiger partial charge is 0.251 e. The molecule has 0 saturated heterocycles. The first-order valence-electron chi connectivity index (χ1n) is 15.9. The van der Waals surface area contributed by atoms with E-state index < -0.39 is 6.04 Å². The van der Waals surface area contributed by atoms with E-state index >= 15 is 0 Å². The minimum Gasteiger partial charge on any atom is -0.348 e. The standard InChI is InChI=1S/C36H48N6O2/c1-5-21-42(25-26(2)3)22-9-14-33(36(44)40-27(4)31-13-8-11-29-10-6-7-12-32(29)31)41-35(43)30-17-15-28(16-18-30)23-37-24-34-38-19-20-39-34/h6-8,10-13,15-20,26-27,33,37H,5,9,14,21-25H2,1-4H3,(H,38,39)(H,40,44)(H,41,43)/t27-,33-/m0/s1. The molecule has 1 aromatic heterocycles. The predicted molar refractivity (Wildman–Crippen MR) is 178 cm³/mol. The first kappa shape index (κ1) is 32.9. The lowest BCUT2D eigenvalue weighted by atomic mass is 9.99. The largest absolute Gasteiger partial charge is 0.348 e. The van der Waals surface area contributed by atoms with Gasteiger partial charge in [0.05, 0.1) is 12.6 Å². The minimum atomic E-state index is -0.642. The number of hydrogen-bond acceptors (Lipinski definition) is 5. The van der Waals surface area contributed by atoms with Gasteiger partial charge in [0.25, 0.3) is 5.91 Å². The summed E-state index contributed by atoms with van der Waals surface area (Å²) in [6.45, 7) is 12.9. The molecule has 234 valence electrons. The summed E-state index contributed by atoms with van der Waals surface area (Å²) in [7, 11) is 0. The van der Waals surface area contributed by atoms with Crippen LogP contribution in [0.2, 0.25) is 0 Å². The molecule has 0 unspecified atom stereocenters. The van der Waals surface area contributed by atoms with Gasteiger partial charge in [-0.2, -0.15) is 0 Å². The first-order chi connectivity index (χ1) is 21.3. The van der Waals surface area contributed by atoms with E-state index in [1.165, 1.54) is 0 Å². The van der Waals surface area contributed by atoms with Crippen molar-refractivity contribution in [2.24, 2.45) is 5.92 Å². The number of hydrogen-bond donors (Lipinski definition) is 4. The monoisotopic (exact) mass is 596 g/mol. The Bertz CT molecular complexity index is 1450. The Hall–Kier alpha value is -4.01. The van der Waals surface area contributed by atoms with E-state index in [9.17, 15) is 9.59 Å². The third-order valence-electron chi connectivity index (χ3n) is 7.79. The van der Waals surface area contributed by atoms with Crippen molar-refractivity contribution < 1.29 is 9.59 Å². The van der Waals surface area contributed by atoms with Gasteiger partial charge in [-0.3, -0.25) is 9.59 Å². The van der Waals surface area contributed by atoms with Crippen molar-refractivity contribution in [2.75, 3.05) is 19.6 Å². The number of H-pyrrole nitrogens is 1. The van der Waals surface area contributed by atoms with E-state index in [2.05, 4.69) is 75.9 Å². The Morgan fingerprint density at radius 1 is 0.909 bits per heavy atom. The molecule has 3 aromatic carbocycles. The zero-order valence-corrected chi connectivity index (χ0v) is 26.6. The quantitative estimate of drug-likeness (QED) is 0.120. The summed E-state index contributed by atoms with van der Waals surface area (Å²) in [4.78, 5) is 36.9. The molecule has 8 heteroatoms. The number of fused-ring (bicyclic) bond motifs is 1. The molecule has 0 saturated carbocycles. The van der Waals surface area contributed by atoms with E-state index in [0.717, 1.165) is 60.2 Å². The number of carbonyl (C=O) groups is 2. The van der Waals surface area contributed by atoms with Crippen LogP contribution >= 0.6 is 0 Å². The number of nitrogens with zero attached hydrogens (tertiary/aromatic N) is 2. The summed E-state index contributed by atoms with van der Waals surface area (Å²) in [5.74, 6) is 1.04. The fourth-order valence-corrected chi connectivity index (χ4v) is 5.67. The van der Waals surface area contributed by atoms with E-state index in [1.54, 1.807) is 12.4 Å². The zero-order valence-electron chi connectivity index (χ0n) is 26.6. The van der Waals surface area contributed by atoms with Gasteiger partial charge in [0, 0.05) is 31.0 Å². The molecular weight excluding hydrogens is 548 g/mol. The number of aromatic nitrogens is 2. The van der Waals surface area contributed by atoms with Crippen LogP contribution in [-0.2, 0) is 17.9 Å². The molecule has 0 aliphatic heterocycles. The molecule has 0 bridgehead atoms. The molecule has 4 aromatic rings. The van der Waals surface area contributed by atoms with Crippen molar-refractivity contribution in [3.8, 4) is 0 Å². The van der Waals surface area contributed by atoms with Crippen LogP contribution in [0.5, 0.6) is 0 Å². The minimum absolute atomic E-state index is 0.163. The summed E-state index contributed by atoms with van der Waals surface area (Å²) in [6, 6.07) is 21.0. The maximum absolute atomic E-state index is 13.7. The van der Waals surface area contributed by atoms with E-state index in [-0.39, 0.29) is 17.9 Å². The molecule has 4 rings (SSSR count). The van der Waals surface area contributed by atoms with Crippen LogP contribution < -0.4 is 16.0 Å². The summed E-state index contributed by atoms with van der Waals surface area (Å²) in [6.07, 6.45) is 6.00. The Kier molecular flexibility index (Phi) is 12.5. The second-order valence-corrected chi connectivity index (χ2v) is 12.0. The van der Waals surface area contributed by atoms with Crippen molar-refractivity contribution in [1.82, 2.24) is 30.8 Å². The van der Waals surface area contributed by atoms with Crippen molar-refractivity contribution in [2.45, 2.75) is 72.1 Å². The van der Waals surface area contributed by atoms with Gasteiger partial charge >= 0.3 is 0 Å². The lowest BCUT2D eigenvalue weighted by Crippen LogP contribution is -2.47. The highest BCUT2D eigenvalue weighted by Gasteiger charge is 2.24. The maximum Gasteiger partial charge on any atom is 0.251 e. The van der Waals surface area contributed by atoms with Gasteiger partial charge in [-0.25, -0.2) is 4.98 Å². The third kappa shape index (κ3) is 9.76. The van der Waals surface area contributed by atoms with E-state index in [4.69, 9.17) is 0 Å². The predicted octanol–water partition coefficient (Wildman–Crippen LogP) is 5.98. The van der Waals surface area contributed by atoms with Crippen LogP contribution in [0.1, 0.15) is 80.3 Å². The lowest BCUT2D eigenvalue weighted by Gasteiger charge is -2.26. The van der Waals surface area contributed by atoms with Crippen LogP contribution in [0.25, 0.3) is 10.8 Å². The lowest BCUT2D eigenvalue weighted by molar-refractivity contribution is -0.123. The number of rotatable bonds is 17. The van der Waals surface area contributed by atoms with Gasteiger partial charge in [-0.15, -0.1) is 0 Å². The molecule has 0 aliphatic rings. The average molecular weight is 597 g/mol. The van der Waals surface area contributed by atoms with Crippen LogP contribution in [-0.4, -0.2) is 52.4 Å². The highest BCUT2D eigenvalue weighted by Crippen LogP contribution is 2.24. The van der Waals surface area contributed by atoms with Gasteiger partial charge in [-0.05, 0) is 79.2 Å². The molecule has 0 spiro atoms. The van der Waals surface area contributed by atoms with Crippen molar-refractivity contribution >= 4 is 22.6 Å². The SMILES string of the molecule is CCCN(CCC[C@H](NC(=O)c1ccc(CNCc2ncc[nH]2)cc1)C(=O)N[C@@H](C)c1cccc2ccccc12)CC(C)C. The molecule has 0 aliphatic carbocycles. The summed E-state index contributed by atoms with van der Waals surface area (Å²) >= 11 is 0. The third-order valence-corrected chi connectivity index (χ3v) is 7.79. The number of imidazole rings is 1. The average Bonchev–Trinajstić information content (AvgIpc) is 3.54. The van der Waals surface area contributed by atoms with Crippen LogP contribution in [0, 0.1) is 5.92 Å². The van der Waals surface area contributed by atoms with Crippen LogP contribution in [0.3, 0.4) is 0 Å². The van der Waals surface area contributed by atoms with Gasteiger partial charge in [0.1, 0.15) is 11.9 Å². The van der Waals surface area contributed by atoms with Crippen molar-refractivity contribution in [3.63, 3.8) is 0 Å². The van der Waals surface area contributed by atoms with Crippen LogP contribution in [0.4, 0.5) is 0 Å². The van der Waals surface area contributed by atoms with E-state index in [1.807, 2.05) is 49.4 Å². The fraction of sp³-hybridized carbons (Fsp3) is 0.417. The molecular formula is C36H48N6O2. The Balaban J connectivity index is 1.41. The fourth-order valence-electron chi connectivity index (χ4n) is 5.67. The Labute approximate surface area is 262 Å². The maximum atomic E-state index is 13.7. The topological polar surface area (TPSA) is 102 Å². The summed E-state index contributed by atoms with van der Waals surface area (Å²) < 4.78 is 0. The van der Waals surface area contributed by atoms with Gasteiger partial charge in [0.15, 0.2) is 0 Å². The molecule has 4 N–H and O–H groups in total. The Morgan fingerprint density at radius 3 is 2.41 bits per heavy atom. The van der Waals surface area contributed by atoms with Crippen molar-refractivity contribution in [1.29, 1.82) is 0 Å². The first-order valence-corrected chi connectivity index (χ1v) is 15.9. The second-order valence-electron chi connectivity index (χ2n) is 12.0. The molecule has 0 fully saturated rings. The number of aromatic amines is 1. The number of amides is 2. The van der Waals surface area contributed by atoms with Crippen LogP contribution in [0.15, 0.2) is 79.1 Å². The van der Waals surface area contributed by atoms with Gasteiger partial charge in [0.2, 0.25) is 5.91 Å².